The minimum Gasteiger partial charge on any atom is -0.308 e. The first-order chi connectivity index (χ1) is 10.1. The van der Waals surface area contributed by atoms with Crippen LogP contribution in [0.2, 0.25) is 0 Å². The third-order valence-electron chi connectivity index (χ3n) is 3.52. The number of hydrogen-bond acceptors (Lipinski definition) is 3. The molecule has 3 rings (SSSR count). The molecule has 0 N–H and O–H groups in total. The normalized spacial score (nSPS) is 13.1. The van der Waals surface area contributed by atoms with E-state index in [1.165, 1.54) is 35.2 Å². The smallest absolute Gasteiger partial charge is 0.269 e. The molecule has 1 aliphatic heterocycles. The first kappa shape index (κ1) is 13.2. The first-order valence-corrected chi connectivity index (χ1v) is 6.41. The fourth-order valence-corrected chi connectivity index (χ4v) is 2.49. The lowest BCUT2D eigenvalue weighted by molar-refractivity contribution is -0.384. The van der Waals surface area contributed by atoms with Crippen molar-refractivity contribution in [3.05, 3.63) is 69.5 Å². The fraction of sp³-hybridized carbons (Fsp3) is 0.133. The Morgan fingerprint density at radius 2 is 2.00 bits per heavy atom. The zero-order valence-corrected chi connectivity index (χ0v) is 11.0. The lowest BCUT2D eigenvalue weighted by Gasteiger charge is -2.17. The van der Waals surface area contributed by atoms with E-state index in [2.05, 4.69) is 0 Å². The highest BCUT2D eigenvalue weighted by Gasteiger charge is 2.28. The van der Waals surface area contributed by atoms with Gasteiger partial charge in [-0.3, -0.25) is 14.9 Å². The number of amides is 1. The van der Waals surface area contributed by atoms with E-state index in [4.69, 9.17) is 0 Å². The molecule has 0 saturated heterocycles. The number of carbonyl (C=O) groups excluding carboxylic acids is 1. The third-order valence-corrected chi connectivity index (χ3v) is 3.52. The first-order valence-electron chi connectivity index (χ1n) is 6.41. The molecule has 0 saturated carbocycles. The highest BCUT2D eigenvalue weighted by atomic mass is 19.1. The molecule has 1 aliphatic rings. The van der Waals surface area contributed by atoms with Crippen LogP contribution in [0.5, 0.6) is 0 Å². The van der Waals surface area contributed by atoms with Gasteiger partial charge in [0, 0.05) is 24.4 Å². The van der Waals surface area contributed by atoms with Gasteiger partial charge in [0.15, 0.2) is 0 Å². The van der Waals surface area contributed by atoms with Crippen molar-refractivity contribution in [3.63, 3.8) is 0 Å². The molecule has 0 bridgehead atoms. The van der Waals surface area contributed by atoms with Crippen LogP contribution in [0.3, 0.4) is 0 Å². The van der Waals surface area contributed by atoms with Crippen LogP contribution >= 0.6 is 0 Å². The molecule has 5 nitrogen and oxygen atoms in total. The number of halogens is 1. The molecule has 106 valence electrons. The predicted octanol–water partition coefficient (Wildman–Crippen LogP) is 2.94. The molecule has 2 aromatic carbocycles. The Morgan fingerprint density at radius 1 is 1.24 bits per heavy atom. The maximum atomic E-state index is 13.7. The van der Waals surface area contributed by atoms with Crippen LogP contribution in [0.1, 0.15) is 15.9 Å². The van der Waals surface area contributed by atoms with Gasteiger partial charge in [-0.1, -0.05) is 12.1 Å². The lowest BCUT2D eigenvalue weighted by Crippen LogP contribution is -2.29. The van der Waals surface area contributed by atoms with Gasteiger partial charge >= 0.3 is 0 Å². The van der Waals surface area contributed by atoms with Crippen molar-refractivity contribution in [2.75, 3.05) is 11.4 Å². The minimum atomic E-state index is -0.571. The predicted molar refractivity (Wildman–Crippen MR) is 74.9 cm³/mol. The molecule has 0 atom stereocenters. The van der Waals surface area contributed by atoms with Crippen molar-refractivity contribution in [2.45, 2.75) is 6.42 Å². The van der Waals surface area contributed by atoms with E-state index in [-0.39, 0.29) is 11.3 Å². The Labute approximate surface area is 119 Å². The standard InChI is InChI=1S/C15H11FN2O3/c16-13-4-2-1-3-12(13)15(19)17-8-7-10-9-11(18(20)21)5-6-14(10)17/h1-6,9H,7-8H2. The molecule has 0 aliphatic carbocycles. The monoisotopic (exact) mass is 286 g/mol. The molecular formula is C15H11FN2O3. The Morgan fingerprint density at radius 3 is 2.71 bits per heavy atom. The number of hydrogen-bond donors (Lipinski definition) is 0. The fourth-order valence-electron chi connectivity index (χ4n) is 2.49. The number of fused-ring (bicyclic) bond motifs is 1. The molecule has 0 unspecified atom stereocenters. The van der Waals surface area contributed by atoms with E-state index in [1.807, 2.05) is 0 Å². The average Bonchev–Trinajstić information content (AvgIpc) is 2.90. The van der Waals surface area contributed by atoms with Gasteiger partial charge in [0.05, 0.1) is 10.5 Å². The zero-order valence-electron chi connectivity index (χ0n) is 11.0. The van der Waals surface area contributed by atoms with E-state index < -0.39 is 16.6 Å². The van der Waals surface area contributed by atoms with Crippen LogP contribution in [0, 0.1) is 15.9 Å². The Balaban J connectivity index is 1.96. The van der Waals surface area contributed by atoms with Gasteiger partial charge in [0.25, 0.3) is 11.6 Å². The van der Waals surface area contributed by atoms with Crippen LogP contribution in [0.15, 0.2) is 42.5 Å². The maximum Gasteiger partial charge on any atom is 0.269 e. The quantitative estimate of drug-likeness (QED) is 0.630. The van der Waals surface area contributed by atoms with Gasteiger partial charge in [-0.05, 0) is 30.2 Å². The summed E-state index contributed by atoms with van der Waals surface area (Å²) in [6.45, 7) is 0.393. The van der Waals surface area contributed by atoms with Crippen LogP contribution in [0.25, 0.3) is 0 Å². The summed E-state index contributed by atoms with van der Waals surface area (Å²) < 4.78 is 13.7. The average molecular weight is 286 g/mol. The second kappa shape index (κ2) is 4.97. The summed E-state index contributed by atoms with van der Waals surface area (Å²) in [6, 6.07) is 10.1. The summed E-state index contributed by atoms with van der Waals surface area (Å²) in [7, 11) is 0. The van der Waals surface area contributed by atoms with Crippen molar-refractivity contribution in [2.24, 2.45) is 0 Å². The number of nitrogens with zero attached hydrogens (tertiary/aromatic N) is 2. The van der Waals surface area contributed by atoms with Crippen molar-refractivity contribution in [1.29, 1.82) is 0 Å². The number of non-ortho nitro benzene ring substituents is 1. The molecule has 6 heteroatoms. The number of nitro groups is 1. The Hall–Kier alpha value is -2.76. The third kappa shape index (κ3) is 2.24. The van der Waals surface area contributed by atoms with Crippen LogP contribution < -0.4 is 4.90 Å². The zero-order chi connectivity index (χ0) is 15.0. The van der Waals surface area contributed by atoms with E-state index in [9.17, 15) is 19.3 Å². The highest BCUT2D eigenvalue weighted by molar-refractivity contribution is 6.07. The van der Waals surface area contributed by atoms with Gasteiger partial charge in [0.2, 0.25) is 0 Å². The lowest BCUT2D eigenvalue weighted by atomic mass is 10.1. The van der Waals surface area contributed by atoms with Crippen molar-refractivity contribution in [3.8, 4) is 0 Å². The van der Waals surface area contributed by atoms with Crippen molar-refractivity contribution in [1.82, 2.24) is 0 Å². The van der Waals surface area contributed by atoms with Gasteiger partial charge in [0.1, 0.15) is 5.82 Å². The van der Waals surface area contributed by atoms with Crippen molar-refractivity contribution >= 4 is 17.3 Å². The summed E-state index contributed by atoms with van der Waals surface area (Å²) in [4.78, 5) is 24.1. The Bertz CT molecular complexity index is 745. The van der Waals surface area contributed by atoms with E-state index in [0.29, 0.717) is 18.7 Å². The SMILES string of the molecule is O=C(c1ccccc1F)N1CCc2cc([N+](=O)[O-])ccc21. The van der Waals surface area contributed by atoms with Crippen molar-refractivity contribution < 1.29 is 14.1 Å². The highest BCUT2D eigenvalue weighted by Crippen LogP contribution is 2.32. The number of anilines is 1. The molecule has 0 spiro atoms. The number of nitro benzene ring substituents is 1. The molecular weight excluding hydrogens is 275 g/mol. The summed E-state index contributed by atoms with van der Waals surface area (Å²) in [6.07, 6.45) is 0.525. The molecule has 1 amide bonds. The van der Waals surface area contributed by atoms with Gasteiger partial charge in [-0.15, -0.1) is 0 Å². The molecule has 0 aromatic heterocycles. The minimum absolute atomic E-state index is 0.00343. The van der Waals surface area contributed by atoms with Gasteiger partial charge < -0.3 is 4.90 Å². The molecule has 1 heterocycles. The second-order valence-corrected chi connectivity index (χ2v) is 4.76. The Kier molecular flexibility index (Phi) is 3.13. The summed E-state index contributed by atoms with van der Waals surface area (Å²) in [5, 5.41) is 10.8. The second-order valence-electron chi connectivity index (χ2n) is 4.76. The molecule has 2 aromatic rings. The maximum absolute atomic E-state index is 13.7. The van der Waals surface area contributed by atoms with E-state index >= 15 is 0 Å². The van der Waals surface area contributed by atoms with Crippen LogP contribution in [0.4, 0.5) is 15.8 Å². The molecule has 0 fully saturated rings. The summed E-state index contributed by atoms with van der Waals surface area (Å²) in [5.74, 6) is -1.00. The largest absolute Gasteiger partial charge is 0.308 e. The number of rotatable bonds is 2. The van der Waals surface area contributed by atoms with Gasteiger partial charge in [-0.2, -0.15) is 0 Å². The molecule has 21 heavy (non-hydrogen) atoms. The topological polar surface area (TPSA) is 63.5 Å². The summed E-state index contributed by atoms with van der Waals surface area (Å²) >= 11 is 0. The van der Waals surface area contributed by atoms with Crippen LogP contribution in [-0.2, 0) is 6.42 Å². The van der Waals surface area contributed by atoms with E-state index in [1.54, 1.807) is 12.1 Å². The van der Waals surface area contributed by atoms with Crippen LogP contribution in [-0.4, -0.2) is 17.4 Å². The molecule has 0 radical (unpaired) electrons. The number of carbonyl (C=O) groups is 1. The summed E-state index contributed by atoms with van der Waals surface area (Å²) in [5.41, 5.74) is 1.33. The van der Waals surface area contributed by atoms with Gasteiger partial charge in [-0.25, -0.2) is 4.39 Å². The van der Waals surface area contributed by atoms with E-state index in [0.717, 1.165) is 5.56 Å². The number of benzene rings is 2.